The second kappa shape index (κ2) is 10.3. The topological polar surface area (TPSA) is 166 Å². The van der Waals surface area contributed by atoms with Crippen molar-refractivity contribution in [1.82, 2.24) is 9.97 Å². The number of nitrogens with one attached hydrogen (secondary N) is 3. The van der Waals surface area contributed by atoms with Crippen molar-refractivity contribution < 1.29 is 31.1 Å². The Bertz CT molecular complexity index is 1440. The van der Waals surface area contributed by atoms with Gasteiger partial charge in [-0.05, 0) is 42.5 Å². The lowest BCUT2D eigenvalue weighted by molar-refractivity contribution is -0.114. The molecule has 2 aromatic carbocycles. The number of hydrogen-bond acceptors (Lipinski definition) is 9. The number of rotatable bonds is 9. The summed E-state index contributed by atoms with van der Waals surface area (Å²) in [5.74, 6) is -0.356. The van der Waals surface area contributed by atoms with Crippen molar-refractivity contribution in [2.24, 2.45) is 0 Å². The molecule has 0 aliphatic carbocycles. The molecule has 3 rings (SSSR count). The zero-order chi connectivity index (χ0) is 25.8. The molecule has 186 valence electrons. The van der Waals surface area contributed by atoms with Gasteiger partial charge in [0, 0.05) is 18.7 Å². The number of hydrogen-bond donors (Lipinski definition) is 3. The van der Waals surface area contributed by atoms with E-state index in [0.29, 0.717) is 0 Å². The van der Waals surface area contributed by atoms with Crippen molar-refractivity contribution in [3.05, 3.63) is 53.6 Å². The Hall–Kier alpha value is -3.62. The van der Waals surface area contributed by atoms with Crippen molar-refractivity contribution in [1.29, 1.82) is 0 Å². The highest BCUT2D eigenvalue weighted by Gasteiger charge is 2.19. The van der Waals surface area contributed by atoms with E-state index < -0.39 is 20.0 Å². The predicted molar refractivity (Wildman–Crippen MR) is 129 cm³/mol. The number of methoxy groups -OCH3 is 2. The Kier molecular flexibility index (Phi) is 7.67. The standard InChI is InChI=1S/C20H20ClN5O7S2/c1-12(27)22-17-9-8-15(10-16(17)21)35(30,31)25-13-4-6-14(7-5-13)34(28,29)26-18-11-19(32-2)24-20(23-18)33-3/h4-11,25H,1-3H3,(H,22,27)(H,23,24,26). The van der Waals surface area contributed by atoms with Gasteiger partial charge in [-0.1, -0.05) is 11.6 Å². The van der Waals surface area contributed by atoms with Gasteiger partial charge in [0.15, 0.2) is 5.82 Å². The van der Waals surface area contributed by atoms with Gasteiger partial charge in [0.2, 0.25) is 11.8 Å². The highest BCUT2D eigenvalue weighted by Crippen LogP contribution is 2.27. The van der Waals surface area contributed by atoms with Gasteiger partial charge in [0.05, 0.1) is 34.7 Å². The minimum atomic E-state index is -4.08. The number of carbonyl (C=O) groups excluding carboxylic acids is 1. The fourth-order valence-electron chi connectivity index (χ4n) is 2.72. The summed E-state index contributed by atoms with van der Waals surface area (Å²) in [5, 5.41) is 2.52. The van der Waals surface area contributed by atoms with Crippen molar-refractivity contribution in [2.45, 2.75) is 16.7 Å². The van der Waals surface area contributed by atoms with Crippen LogP contribution in [0.2, 0.25) is 5.02 Å². The molecule has 1 heterocycles. The van der Waals surface area contributed by atoms with Crippen molar-refractivity contribution >= 4 is 54.7 Å². The van der Waals surface area contributed by atoms with E-state index in [1.807, 2.05) is 0 Å². The molecule has 35 heavy (non-hydrogen) atoms. The van der Waals surface area contributed by atoms with E-state index in [9.17, 15) is 21.6 Å². The second-order valence-corrected chi connectivity index (χ2v) is 10.6. The molecule has 0 fully saturated rings. The zero-order valence-corrected chi connectivity index (χ0v) is 21.0. The van der Waals surface area contributed by atoms with E-state index in [0.717, 1.165) is 0 Å². The van der Waals surface area contributed by atoms with Gasteiger partial charge >= 0.3 is 6.01 Å². The number of aromatic nitrogens is 2. The summed E-state index contributed by atoms with van der Waals surface area (Å²) >= 11 is 6.05. The molecule has 0 saturated carbocycles. The maximum atomic E-state index is 12.7. The minimum absolute atomic E-state index is 0.0357. The van der Waals surface area contributed by atoms with Crippen molar-refractivity contribution in [3.8, 4) is 11.9 Å². The lowest BCUT2D eigenvalue weighted by Crippen LogP contribution is -2.15. The highest BCUT2D eigenvalue weighted by molar-refractivity contribution is 7.93. The molecule has 0 unspecified atom stereocenters. The van der Waals surface area contributed by atoms with Gasteiger partial charge in [-0.25, -0.2) is 16.8 Å². The van der Waals surface area contributed by atoms with Gasteiger partial charge in [0.25, 0.3) is 20.0 Å². The number of amides is 1. The number of benzene rings is 2. The van der Waals surface area contributed by atoms with E-state index in [-0.39, 0.29) is 49.8 Å². The first-order valence-corrected chi connectivity index (χ1v) is 13.0. The van der Waals surface area contributed by atoms with Gasteiger partial charge in [-0.3, -0.25) is 14.2 Å². The number of nitrogens with zero attached hydrogens (tertiary/aromatic N) is 2. The summed E-state index contributed by atoms with van der Waals surface area (Å²) < 4.78 is 65.4. The lowest BCUT2D eigenvalue weighted by Gasteiger charge is -2.12. The quantitative estimate of drug-likeness (QED) is 0.369. The van der Waals surface area contributed by atoms with Crippen LogP contribution in [0.4, 0.5) is 17.2 Å². The van der Waals surface area contributed by atoms with Crippen molar-refractivity contribution in [3.63, 3.8) is 0 Å². The van der Waals surface area contributed by atoms with E-state index in [1.165, 1.54) is 69.7 Å². The van der Waals surface area contributed by atoms with Crippen LogP contribution < -0.4 is 24.2 Å². The molecule has 0 aliphatic rings. The number of carbonyl (C=O) groups is 1. The SMILES string of the molecule is COc1cc(NS(=O)(=O)c2ccc(NS(=O)(=O)c3ccc(NC(C)=O)c(Cl)c3)cc2)nc(OC)n1. The summed E-state index contributed by atoms with van der Waals surface area (Å²) in [6.07, 6.45) is 0. The first kappa shape index (κ1) is 26.0. The maximum absolute atomic E-state index is 12.7. The normalized spacial score (nSPS) is 11.4. The predicted octanol–water partition coefficient (Wildman–Crippen LogP) is 2.71. The minimum Gasteiger partial charge on any atom is -0.481 e. The number of sulfonamides is 2. The first-order valence-electron chi connectivity index (χ1n) is 9.63. The molecule has 0 saturated heterocycles. The fraction of sp³-hybridized carbons (Fsp3) is 0.150. The molecule has 0 radical (unpaired) electrons. The molecule has 0 aliphatic heterocycles. The molecule has 12 nitrogen and oxygen atoms in total. The third kappa shape index (κ3) is 6.49. The van der Waals surface area contributed by atoms with Crippen LogP contribution in [-0.4, -0.2) is 46.9 Å². The molecule has 3 aromatic rings. The van der Waals surface area contributed by atoms with Crippen LogP contribution in [0.1, 0.15) is 6.92 Å². The Morgan fingerprint density at radius 3 is 2.06 bits per heavy atom. The van der Waals surface area contributed by atoms with E-state index >= 15 is 0 Å². The Morgan fingerprint density at radius 2 is 1.49 bits per heavy atom. The largest absolute Gasteiger partial charge is 0.481 e. The number of ether oxygens (including phenoxy) is 2. The average Bonchev–Trinajstić information content (AvgIpc) is 2.79. The van der Waals surface area contributed by atoms with Gasteiger partial charge in [-0.2, -0.15) is 9.97 Å². The van der Waals surface area contributed by atoms with E-state index in [2.05, 4.69) is 24.7 Å². The second-order valence-electron chi connectivity index (χ2n) is 6.84. The monoisotopic (exact) mass is 541 g/mol. The van der Waals surface area contributed by atoms with Crippen LogP contribution in [0.15, 0.2) is 58.3 Å². The zero-order valence-electron chi connectivity index (χ0n) is 18.6. The fourth-order valence-corrected chi connectivity index (χ4v) is 5.09. The molecular formula is C20H20ClN5O7S2. The molecule has 0 spiro atoms. The summed E-state index contributed by atoms with van der Waals surface area (Å²) in [6, 6.07) is 9.96. The van der Waals surface area contributed by atoms with E-state index in [1.54, 1.807) is 0 Å². The summed E-state index contributed by atoms with van der Waals surface area (Å²) in [5.41, 5.74) is 0.371. The Labute approximate surface area is 206 Å². The molecule has 1 amide bonds. The van der Waals surface area contributed by atoms with Crippen LogP contribution in [0.3, 0.4) is 0 Å². The molecule has 1 aromatic heterocycles. The molecular weight excluding hydrogens is 522 g/mol. The Balaban J connectivity index is 1.78. The lowest BCUT2D eigenvalue weighted by atomic mass is 10.3. The van der Waals surface area contributed by atoms with Crippen LogP contribution in [0, 0.1) is 0 Å². The van der Waals surface area contributed by atoms with E-state index in [4.69, 9.17) is 21.1 Å². The summed E-state index contributed by atoms with van der Waals surface area (Å²) in [6.45, 7) is 1.29. The molecule has 0 bridgehead atoms. The number of halogens is 1. The molecule has 15 heteroatoms. The third-order valence-corrected chi connectivity index (χ3v) is 7.35. The highest BCUT2D eigenvalue weighted by atomic mass is 35.5. The summed E-state index contributed by atoms with van der Waals surface area (Å²) in [4.78, 5) is 18.7. The van der Waals surface area contributed by atoms with Gasteiger partial charge < -0.3 is 14.8 Å². The molecule has 3 N–H and O–H groups in total. The Morgan fingerprint density at radius 1 is 0.857 bits per heavy atom. The van der Waals surface area contributed by atoms with Crippen LogP contribution in [-0.2, 0) is 24.8 Å². The van der Waals surface area contributed by atoms with Crippen LogP contribution in [0.25, 0.3) is 0 Å². The third-order valence-electron chi connectivity index (χ3n) is 4.29. The van der Waals surface area contributed by atoms with Crippen LogP contribution >= 0.6 is 11.6 Å². The van der Waals surface area contributed by atoms with Gasteiger partial charge in [0.1, 0.15) is 0 Å². The maximum Gasteiger partial charge on any atom is 0.321 e. The number of anilines is 3. The van der Waals surface area contributed by atoms with Crippen molar-refractivity contribution in [2.75, 3.05) is 29.0 Å². The smallest absolute Gasteiger partial charge is 0.321 e. The first-order chi connectivity index (χ1) is 16.4. The van der Waals surface area contributed by atoms with Crippen LogP contribution in [0.5, 0.6) is 11.9 Å². The van der Waals surface area contributed by atoms with Gasteiger partial charge in [-0.15, -0.1) is 0 Å². The average molecular weight is 542 g/mol. The molecule has 0 atom stereocenters. The summed E-state index contributed by atoms with van der Waals surface area (Å²) in [7, 11) is -5.46.